The first kappa shape index (κ1) is 8.91. The van der Waals surface area contributed by atoms with Crippen molar-refractivity contribution in [2.75, 3.05) is 0 Å². The van der Waals surface area contributed by atoms with Crippen LogP contribution in [0.4, 0.5) is 0 Å². The van der Waals surface area contributed by atoms with E-state index in [9.17, 15) is 0 Å². The highest BCUT2D eigenvalue weighted by atomic mass is 32.1. The van der Waals surface area contributed by atoms with Crippen LogP contribution in [0.15, 0.2) is 30.3 Å². The molecular formula is C7H9NOS. The molecule has 3 heteroatoms. The zero-order valence-electron chi connectivity index (χ0n) is 5.40. The van der Waals surface area contributed by atoms with Crippen LogP contribution in [0.5, 0.6) is 5.75 Å². The van der Waals surface area contributed by atoms with Gasteiger partial charge in [0.05, 0.1) is 5.49 Å². The summed E-state index contributed by atoms with van der Waals surface area (Å²) in [6, 6.07) is 8.71. The van der Waals surface area contributed by atoms with Gasteiger partial charge in [0.2, 0.25) is 0 Å². The van der Waals surface area contributed by atoms with Gasteiger partial charge in [0.1, 0.15) is 5.75 Å². The molecule has 0 heterocycles. The van der Waals surface area contributed by atoms with Crippen LogP contribution in [-0.2, 0) is 0 Å². The number of rotatable bonds is 0. The topological polar surface area (TPSA) is 46.2 Å². The number of hydrogen-bond donors (Lipinski definition) is 2. The number of para-hydroxylation sites is 1. The highest BCUT2D eigenvalue weighted by Crippen LogP contribution is 2.02. The molecule has 0 saturated heterocycles. The second-order valence-electron chi connectivity index (χ2n) is 1.47. The van der Waals surface area contributed by atoms with E-state index in [0.717, 1.165) is 5.49 Å². The fourth-order valence-corrected chi connectivity index (χ4v) is 0.428. The average Bonchev–Trinajstić information content (AvgIpc) is 1.91. The lowest BCUT2D eigenvalue weighted by molar-refractivity contribution is 0.475. The molecule has 0 radical (unpaired) electrons. The Labute approximate surface area is 65.3 Å². The molecule has 1 aromatic rings. The Morgan fingerprint density at radius 3 is 1.90 bits per heavy atom. The predicted octanol–water partition coefficient (Wildman–Crippen LogP) is 1.29. The van der Waals surface area contributed by atoms with Gasteiger partial charge in [0.15, 0.2) is 0 Å². The van der Waals surface area contributed by atoms with Crippen LogP contribution in [0.3, 0.4) is 0 Å². The van der Waals surface area contributed by atoms with Crippen molar-refractivity contribution in [3.8, 4) is 5.75 Å². The van der Waals surface area contributed by atoms with Crippen molar-refractivity contribution in [3.63, 3.8) is 0 Å². The third-order valence-electron chi connectivity index (χ3n) is 0.756. The summed E-state index contributed by atoms with van der Waals surface area (Å²) in [6.45, 7) is 0. The first-order valence-electron chi connectivity index (χ1n) is 2.70. The van der Waals surface area contributed by atoms with Crippen LogP contribution in [0.2, 0.25) is 0 Å². The number of aromatic hydroxyl groups is 1. The number of phenolic OH excluding ortho intramolecular Hbond substituents is 1. The van der Waals surface area contributed by atoms with Gasteiger partial charge in [-0.05, 0) is 12.1 Å². The van der Waals surface area contributed by atoms with Crippen molar-refractivity contribution in [2.24, 2.45) is 5.73 Å². The lowest BCUT2D eigenvalue weighted by Gasteiger charge is -1.82. The molecule has 3 N–H and O–H groups in total. The van der Waals surface area contributed by atoms with Crippen LogP contribution in [0, 0.1) is 0 Å². The van der Waals surface area contributed by atoms with E-state index in [4.69, 9.17) is 5.11 Å². The Morgan fingerprint density at radius 1 is 1.30 bits per heavy atom. The molecular weight excluding hydrogens is 146 g/mol. The Hall–Kier alpha value is -1.09. The number of hydrogen-bond acceptors (Lipinski definition) is 2. The molecule has 2 nitrogen and oxygen atoms in total. The molecule has 1 aromatic carbocycles. The number of phenols is 1. The van der Waals surface area contributed by atoms with Crippen molar-refractivity contribution < 1.29 is 5.11 Å². The third kappa shape index (κ3) is 5.05. The van der Waals surface area contributed by atoms with Gasteiger partial charge in [-0.25, -0.2) is 0 Å². The van der Waals surface area contributed by atoms with E-state index >= 15 is 0 Å². The summed E-state index contributed by atoms with van der Waals surface area (Å²) < 4.78 is 0. The van der Waals surface area contributed by atoms with E-state index in [1.54, 1.807) is 24.3 Å². The quantitative estimate of drug-likeness (QED) is 0.555. The van der Waals surface area contributed by atoms with E-state index in [-0.39, 0.29) is 0 Å². The van der Waals surface area contributed by atoms with Crippen molar-refractivity contribution >= 4 is 17.7 Å². The zero-order chi connectivity index (χ0) is 7.82. The van der Waals surface area contributed by atoms with Gasteiger partial charge in [-0.3, -0.25) is 0 Å². The molecule has 0 aliphatic carbocycles. The summed E-state index contributed by atoms with van der Waals surface area (Å²) in [5, 5.41) is 8.63. The molecule has 0 spiro atoms. The Balaban J connectivity index is 0.000000236. The minimum Gasteiger partial charge on any atom is -0.508 e. The van der Waals surface area contributed by atoms with Crippen molar-refractivity contribution in [1.82, 2.24) is 0 Å². The van der Waals surface area contributed by atoms with E-state index in [1.165, 1.54) is 0 Å². The molecule has 0 bridgehead atoms. The van der Waals surface area contributed by atoms with E-state index in [2.05, 4.69) is 18.0 Å². The summed E-state index contributed by atoms with van der Waals surface area (Å²) in [5.74, 6) is 0.322. The number of nitrogens with two attached hydrogens (primary N) is 1. The largest absolute Gasteiger partial charge is 0.508 e. The van der Waals surface area contributed by atoms with Crippen LogP contribution in [0.1, 0.15) is 0 Å². The summed E-state index contributed by atoms with van der Waals surface area (Å²) in [5.41, 5.74) is 5.62. The number of thiocarbonyl (C=S) groups is 1. The summed E-state index contributed by atoms with van der Waals surface area (Å²) in [4.78, 5) is 0. The van der Waals surface area contributed by atoms with Crippen LogP contribution >= 0.6 is 12.2 Å². The zero-order valence-corrected chi connectivity index (χ0v) is 6.21. The van der Waals surface area contributed by atoms with Gasteiger partial charge in [0.25, 0.3) is 0 Å². The molecule has 0 aliphatic heterocycles. The van der Waals surface area contributed by atoms with E-state index < -0.39 is 0 Å². The smallest absolute Gasteiger partial charge is 0.115 e. The highest BCUT2D eigenvalue weighted by Gasteiger charge is 1.74. The molecule has 0 aliphatic rings. The van der Waals surface area contributed by atoms with Gasteiger partial charge in [0, 0.05) is 0 Å². The SMILES string of the molecule is NC=S.Oc1ccccc1. The average molecular weight is 155 g/mol. The van der Waals surface area contributed by atoms with E-state index in [1.807, 2.05) is 6.07 Å². The van der Waals surface area contributed by atoms with E-state index in [0.29, 0.717) is 5.75 Å². The van der Waals surface area contributed by atoms with Crippen molar-refractivity contribution in [1.29, 1.82) is 0 Å². The molecule has 0 atom stereocenters. The molecule has 0 saturated carbocycles. The van der Waals surface area contributed by atoms with Gasteiger partial charge < -0.3 is 10.8 Å². The van der Waals surface area contributed by atoms with Crippen molar-refractivity contribution in [3.05, 3.63) is 30.3 Å². The summed E-state index contributed by atoms with van der Waals surface area (Å²) in [7, 11) is 0. The molecule has 0 aromatic heterocycles. The lowest BCUT2D eigenvalue weighted by Crippen LogP contribution is -1.79. The molecule has 54 valence electrons. The molecule has 10 heavy (non-hydrogen) atoms. The first-order chi connectivity index (χ1) is 4.81. The summed E-state index contributed by atoms with van der Waals surface area (Å²) >= 11 is 4.05. The molecule has 0 fully saturated rings. The second kappa shape index (κ2) is 6.04. The Kier molecular flexibility index (Phi) is 5.38. The van der Waals surface area contributed by atoms with Crippen molar-refractivity contribution in [2.45, 2.75) is 0 Å². The monoisotopic (exact) mass is 155 g/mol. The maximum atomic E-state index is 8.63. The minimum absolute atomic E-state index is 0.322. The van der Waals surface area contributed by atoms with Crippen LogP contribution < -0.4 is 5.73 Å². The molecule has 1 rings (SSSR count). The Bertz CT molecular complexity index is 176. The number of benzene rings is 1. The normalized spacial score (nSPS) is 7.20. The second-order valence-corrected chi connectivity index (χ2v) is 1.74. The van der Waals surface area contributed by atoms with Gasteiger partial charge >= 0.3 is 0 Å². The fourth-order valence-electron chi connectivity index (χ4n) is 0.428. The van der Waals surface area contributed by atoms with Gasteiger partial charge in [-0.2, -0.15) is 0 Å². The maximum Gasteiger partial charge on any atom is 0.115 e. The fraction of sp³-hybridized carbons (Fsp3) is 0. The van der Waals surface area contributed by atoms with Crippen LogP contribution in [0.25, 0.3) is 0 Å². The van der Waals surface area contributed by atoms with Gasteiger partial charge in [-0.1, -0.05) is 30.4 Å². The molecule has 0 amide bonds. The molecule has 0 unspecified atom stereocenters. The lowest BCUT2D eigenvalue weighted by atomic mass is 10.3. The van der Waals surface area contributed by atoms with Gasteiger partial charge in [-0.15, -0.1) is 0 Å². The first-order valence-corrected chi connectivity index (χ1v) is 3.17. The van der Waals surface area contributed by atoms with Crippen LogP contribution in [-0.4, -0.2) is 10.6 Å². The standard InChI is InChI=1S/C6H6O.CH3NS/c7-6-4-2-1-3-5-6;2-1-3/h1-5,7H;1H,(H2,2,3). The minimum atomic E-state index is 0.322. The maximum absolute atomic E-state index is 8.63. The Morgan fingerprint density at radius 2 is 1.70 bits per heavy atom. The predicted molar refractivity (Wildman–Crippen MR) is 45.9 cm³/mol. The third-order valence-corrected chi connectivity index (χ3v) is 0.756. The highest BCUT2D eigenvalue weighted by molar-refractivity contribution is 7.78. The summed E-state index contributed by atoms with van der Waals surface area (Å²) in [6.07, 6.45) is 0.